The molecule has 1 aliphatic rings. The summed E-state index contributed by atoms with van der Waals surface area (Å²) < 4.78 is 27.1. The largest absolute Gasteiger partial charge is 0.384 e. The Kier molecular flexibility index (Phi) is 3.15. The van der Waals surface area contributed by atoms with Crippen molar-refractivity contribution >= 4 is 11.8 Å². The summed E-state index contributed by atoms with van der Waals surface area (Å²) >= 11 is 0. The molecule has 1 aliphatic heterocycles. The Morgan fingerprint density at radius 2 is 2.00 bits per heavy atom. The first-order valence-electron chi connectivity index (χ1n) is 6.49. The third-order valence-electron chi connectivity index (χ3n) is 3.47. The average molecular weight is 292 g/mol. The molecule has 2 N–H and O–H groups in total. The maximum absolute atomic E-state index is 13.5. The molecule has 0 aliphatic carbocycles. The molecular formula is C13H14F2N6. The number of hydrogen-bond donors (Lipinski definition) is 1. The first-order chi connectivity index (χ1) is 9.95. The van der Waals surface area contributed by atoms with Crippen LogP contribution in [0, 0.1) is 5.92 Å². The van der Waals surface area contributed by atoms with Gasteiger partial charge in [0.1, 0.15) is 5.82 Å². The Labute approximate surface area is 120 Å². The van der Waals surface area contributed by atoms with E-state index in [1.165, 1.54) is 30.4 Å². The lowest BCUT2D eigenvalue weighted by Gasteiger charge is -2.15. The lowest BCUT2D eigenvalue weighted by atomic mass is 10.1. The molecule has 21 heavy (non-hydrogen) atoms. The highest BCUT2D eigenvalue weighted by atomic mass is 19.3. The Balaban J connectivity index is 1.82. The lowest BCUT2D eigenvalue weighted by Crippen LogP contribution is -2.27. The monoisotopic (exact) mass is 292 g/mol. The van der Waals surface area contributed by atoms with Crippen LogP contribution in [0.2, 0.25) is 0 Å². The molecular weight excluding hydrogens is 278 g/mol. The summed E-state index contributed by atoms with van der Waals surface area (Å²) in [4.78, 5) is 17.9. The summed E-state index contributed by atoms with van der Waals surface area (Å²) in [7, 11) is 0. The van der Waals surface area contributed by atoms with Crippen LogP contribution in [-0.4, -0.2) is 38.9 Å². The van der Waals surface area contributed by atoms with Crippen molar-refractivity contribution in [1.29, 1.82) is 0 Å². The van der Waals surface area contributed by atoms with Crippen molar-refractivity contribution < 1.29 is 8.78 Å². The SMILES string of the molecule is CC1CN(c2ncc(-c3nccc(N)n3)cn2)CC1(F)F. The highest BCUT2D eigenvalue weighted by Gasteiger charge is 2.46. The highest BCUT2D eigenvalue weighted by Crippen LogP contribution is 2.34. The Morgan fingerprint density at radius 3 is 2.57 bits per heavy atom. The number of halogens is 2. The number of nitrogen functional groups attached to an aromatic ring is 1. The molecule has 0 bridgehead atoms. The number of nitrogens with two attached hydrogens (primary N) is 1. The first kappa shape index (κ1) is 13.6. The van der Waals surface area contributed by atoms with Crippen molar-refractivity contribution in [1.82, 2.24) is 19.9 Å². The van der Waals surface area contributed by atoms with Crippen LogP contribution in [0.1, 0.15) is 6.92 Å². The minimum Gasteiger partial charge on any atom is -0.384 e. The second kappa shape index (κ2) is 4.87. The number of alkyl halides is 2. The Morgan fingerprint density at radius 1 is 1.29 bits per heavy atom. The molecule has 0 amide bonds. The van der Waals surface area contributed by atoms with Gasteiger partial charge in [0.05, 0.1) is 12.1 Å². The fraction of sp³-hybridized carbons (Fsp3) is 0.385. The fourth-order valence-corrected chi connectivity index (χ4v) is 2.20. The summed E-state index contributed by atoms with van der Waals surface area (Å²) in [5.74, 6) is -2.39. The lowest BCUT2D eigenvalue weighted by molar-refractivity contribution is -0.0138. The molecule has 1 unspecified atom stereocenters. The van der Waals surface area contributed by atoms with E-state index >= 15 is 0 Å². The molecule has 0 saturated carbocycles. The van der Waals surface area contributed by atoms with E-state index in [0.717, 1.165) is 0 Å². The predicted octanol–water partition coefficient (Wildman–Crippen LogP) is 1.61. The van der Waals surface area contributed by atoms with Gasteiger partial charge in [-0.05, 0) is 6.07 Å². The molecule has 6 nitrogen and oxygen atoms in total. The van der Waals surface area contributed by atoms with E-state index in [0.29, 0.717) is 17.2 Å². The highest BCUT2D eigenvalue weighted by molar-refractivity contribution is 5.54. The van der Waals surface area contributed by atoms with E-state index < -0.39 is 11.8 Å². The van der Waals surface area contributed by atoms with Gasteiger partial charge >= 0.3 is 0 Å². The van der Waals surface area contributed by atoms with Gasteiger partial charge in [0, 0.05) is 31.1 Å². The van der Waals surface area contributed by atoms with Gasteiger partial charge in [0.25, 0.3) is 5.92 Å². The van der Waals surface area contributed by atoms with Crippen molar-refractivity contribution in [2.24, 2.45) is 5.92 Å². The molecule has 2 aromatic heterocycles. The molecule has 8 heteroatoms. The number of nitrogens with zero attached hydrogens (tertiary/aromatic N) is 5. The minimum absolute atomic E-state index is 0.237. The van der Waals surface area contributed by atoms with Crippen LogP contribution in [-0.2, 0) is 0 Å². The van der Waals surface area contributed by atoms with E-state index in [1.807, 2.05) is 0 Å². The van der Waals surface area contributed by atoms with Gasteiger partial charge in [-0.15, -0.1) is 0 Å². The van der Waals surface area contributed by atoms with Gasteiger partial charge in [0.2, 0.25) is 5.95 Å². The van der Waals surface area contributed by atoms with Crippen molar-refractivity contribution in [3.8, 4) is 11.4 Å². The summed E-state index contributed by atoms with van der Waals surface area (Å²) in [6.07, 6.45) is 4.56. The zero-order chi connectivity index (χ0) is 15.0. The number of rotatable bonds is 2. The smallest absolute Gasteiger partial charge is 0.269 e. The van der Waals surface area contributed by atoms with Gasteiger partial charge in [-0.3, -0.25) is 0 Å². The van der Waals surface area contributed by atoms with Crippen LogP contribution in [0.25, 0.3) is 11.4 Å². The molecule has 1 saturated heterocycles. The van der Waals surface area contributed by atoms with Crippen molar-refractivity contribution in [3.05, 3.63) is 24.7 Å². The standard InChI is InChI=1S/C13H14F2N6/c1-8-6-21(7-13(8,14)15)12-18-4-9(5-19-12)11-17-3-2-10(16)20-11/h2-5,8H,6-7H2,1H3,(H2,16,17,20). The number of anilines is 2. The van der Waals surface area contributed by atoms with Crippen molar-refractivity contribution in [3.63, 3.8) is 0 Å². The van der Waals surface area contributed by atoms with Crippen LogP contribution in [0.5, 0.6) is 0 Å². The van der Waals surface area contributed by atoms with Crippen LogP contribution in [0.3, 0.4) is 0 Å². The zero-order valence-electron chi connectivity index (χ0n) is 11.4. The van der Waals surface area contributed by atoms with E-state index in [-0.39, 0.29) is 19.0 Å². The topological polar surface area (TPSA) is 80.8 Å². The molecule has 110 valence electrons. The predicted molar refractivity (Wildman–Crippen MR) is 73.8 cm³/mol. The molecule has 0 aromatic carbocycles. The maximum atomic E-state index is 13.5. The molecule has 0 radical (unpaired) electrons. The Hall–Kier alpha value is -2.38. The van der Waals surface area contributed by atoms with Gasteiger partial charge in [0.15, 0.2) is 5.82 Å². The summed E-state index contributed by atoms with van der Waals surface area (Å²) in [5.41, 5.74) is 6.18. The van der Waals surface area contributed by atoms with Gasteiger partial charge in [-0.2, -0.15) is 0 Å². The zero-order valence-corrected chi connectivity index (χ0v) is 11.4. The maximum Gasteiger partial charge on any atom is 0.269 e. The Bertz CT molecular complexity index is 645. The first-order valence-corrected chi connectivity index (χ1v) is 6.49. The van der Waals surface area contributed by atoms with Crippen LogP contribution < -0.4 is 10.6 Å². The number of hydrogen-bond acceptors (Lipinski definition) is 6. The third kappa shape index (κ3) is 2.61. The third-order valence-corrected chi connectivity index (χ3v) is 3.47. The van der Waals surface area contributed by atoms with E-state index in [1.54, 1.807) is 6.07 Å². The summed E-state index contributed by atoms with van der Waals surface area (Å²) in [5, 5.41) is 0. The summed E-state index contributed by atoms with van der Waals surface area (Å²) in [6.45, 7) is 1.40. The van der Waals surface area contributed by atoms with Crippen molar-refractivity contribution in [2.75, 3.05) is 23.7 Å². The van der Waals surface area contributed by atoms with Crippen LogP contribution in [0.4, 0.5) is 20.5 Å². The molecule has 3 rings (SSSR count). The molecule has 1 atom stereocenters. The molecule has 3 heterocycles. The minimum atomic E-state index is -2.71. The molecule has 0 spiro atoms. The van der Waals surface area contributed by atoms with Gasteiger partial charge in [-0.1, -0.05) is 6.92 Å². The normalized spacial score (nSPS) is 20.7. The second-order valence-corrected chi connectivity index (χ2v) is 5.12. The van der Waals surface area contributed by atoms with Crippen LogP contribution in [0.15, 0.2) is 24.7 Å². The fourth-order valence-electron chi connectivity index (χ4n) is 2.20. The number of aromatic nitrogens is 4. The average Bonchev–Trinajstić information content (AvgIpc) is 2.73. The van der Waals surface area contributed by atoms with Crippen molar-refractivity contribution in [2.45, 2.75) is 12.8 Å². The molecule has 2 aromatic rings. The van der Waals surface area contributed by atoms with E-state index in [2.05, 4.69) is 19.9 Å². The van der Waals surface area contributed by atoms with Gasteiger partial charge < -0.3 is 10.6 Å². The van der Waals surface area contributed by atoms with E-state index in [4.69, 9.17) is 5.73 Å². The van der Waals surface area contributed by atoms with Crippen LogP contribution >= 0.6 is 0 Å². The quantitative estimate of drug-likeness (QED) is 0.905. The van der Waals surface area contributed by atoms with Gasteiger partial charge in [-0.25, -0.2) is 28.7 Å². The van der Waals surface area contributed by atoms with E-state index in [9.17, 15) is 8.78 Å². The second-order valence-electron chi connectivity index (χ2n) is 5.12. The molecule has 1 fully saturated rings. The summed E-state index contributed by atoms with van der Waals surface area (Å²) in [6, 6.07) is 1.58.